The van der Waals surface area contributed by atoms with Crippen molar-refractivity contribution in [1.82, 2.24) is 0 Å². The van der Waals surface area contributed by atoms with Crippen LogP contribution in [0.1, 0.15) is 71.6 Å². The van der Waals surface area contributed by atoms with Crippen molar-refractivity contribution in [2.75, 3.05) is 6.61 Å². The summed E-state index contributed by atoms with van der Waals surface area (Å²) in [7, 11) is 0. The number of unbranched alkanes of at least 4 members (excludes halogenated alkanes) is 7. The number of rotatable bonds is 13. The zero-order valence-corrected chi connectivity index (χ0v) is 13.4. The maximum absolute atomic E-state index is 9.51. The fourth-order valence-corrected chi connectivity index (χ4v) is 2.19. The molecule has 2 atom stereocenters. The van der Waals surface area contributed by atoms with Gasteiger partial charge in [0, 0.05) is 0 Å². The van der Waals surface area contributed by atoms with Gasteiger partial charge in [-0.15, -0.1) is 0 Å². The van der Waals surface area contributed by atoms with E-state index in [2.05, 4.69) is 13.8 Å². The van der Waals surface area contributed by atoms with Gasteiger partial charge in [-0.05, 0) is 18.8 Å². The summed E-state index contributed by atoms with van der Waals surface area (Å²) in [6, 6.07) is -0.558. The first kappa shape index (κ1) is 19.6. The van der Waals surface area contributed by atoms with E-state index in [0.29, 0.717) is 0 Å². The summed E-state index contributed by atoms with van der Waals surface area (Å²) < 4.78 is 0. The molecule has 0 fully saturated rings. The molecule has 0 saturated heterocycles. The molecule has 0 aliphatic rings. The minimum atomic E-state index is -0.721. The quantitative estimate of drug-likeness (QED) is 0.359. The molecule has 20 heavy (non-hydrogen) atoms. The van der Waals surface area contributed by atoms with E-state index in [4.69, 9.17) is 10.8 Å². The van der Waals surface area contributed by atoms with Gasteiger partial charge in [-0.2, -0.15) is 0 Å². The average molecular weight is 285 g/mol. The van der Waals surface area contributed by atoms with E-state index in [9.17, 15) is 5.11 Å². The zero-order chi connectivity index (χ0) is 15.2. The van der Waals surface area contributed by atoms with E-state index >= 15 is 0 Å². The minimum Gasteiger partial charge on any atom is -0.395 e. The Hall–Kier alpha value is -0.380. The molecular weight excluding hydrogens is 250 g/mol. The van der Waals surface area contributed by atoms with Crippen LogP contribution in [0.4, 0.5) is 0 Å². The number of allylic oxidation sites excluding steroid dienone is 1. The summed E-state index contributed by atoms with van der Waals surface area (Å²) >= 11 is 0. The Labute approximate surface area is 125 Å². The average Bonchev–Trinajstić information content (AvgIpc) is 2.43. The summed E-state index contributed by atoms with van der Waals surface area (Å²) in [5, 5.41) is 18.3. The first-order chi connectivity index (χ1) is 9.57. The number of hydrogen-bond donors (Lipinski definition) is 3. The number of hydrogen-bond acceptors (Lipinski definition) is 3. The molecule has 3 heteroatoms. The number of nitrogens with two attached hydrogens (primary N) is 1. The zero-order valence-electron chi connectivity index (χ0n) is 13.4. The largest absolute Gasteiger partial charge is 0.395 e. The number of aliphatic hydroxyl groups is 2. The smallest absolute Gasteiger partial charge is 0.0894 e. The van der Waals surface area contributed by atoms with Gasteiger partial charge in [-0.3, -0.25) is 0 Å². The number of aliphatic hydroxyl groups excluding tert-OH is 2. The SMILES string of the molecule is CC(C)CCCCCCCCC/C=C/C(O)C(N)CO. The standard InChI is InChI=1S/C17H35NO2/c1-15(2)12-10-8-6-4-3-5-7-9-11-13-17(20)16(18)14-19/h11,13,15-17,19-20H,3-10,12,14,18H2,1-2H3/b13-11+. The van der Waals surface area contributed by atoms with Gasteiger partial charge in [-0.25, -0.2) is 0 Å². The summed E-state index contributed by atoms with van der Waals surface area (Å²) in [6.07, 6.45) is 14.5. The Morgan fingerprint density at radius 3 is 2.05 bits per heavy atom. The van der Waals surface area contributed by atoms with Gasteiger partial charge < -0.3 is 15.9 Å². The highest BCUT2D eigenvalue weighted by Gasteiger charge is 2.08. The second-order valence-corrected chi connectivity index (χ2v) is 6.21. The molecule has 0 bridgehead atoms. The van der Waals surface area contributed by atoms with Crippen LogP contribution in [0.5, 0.6) is 0 Å². The predicted octanol–water partition coefficient (Wildman–Crippen LogP) is 3.39. The fourth-order valence-electron chi connectivity index (χ4n) is 2.19. The highest BCUT2D eigenvalue weighted by molar-refractivity contribution is 4.93. The second kappa shape index (κ2) is 13.6. The van der Waals surface area contributed by atoms with Gasteiger partial charge in [0.15, 0.2) is 0 Å². The topological polar surface area (TPSA) is 66.5 Å². The molecule has 0 aliphatic heterocycles. The molecule has 2 unspecified atom stereocenters. The van der Waals surface area contributed by atoms with Crippen molar-refractivity contribution in [2.24, 2.45) is 11.7 Å². The van der Waals surface area contributed by atoms with Crippen molar-refractivity contribution in [3.8, 4) is 0 Å². The lowest BCUT2D eigenvalue weighted by Gasteiger charge is -2.11. The van der Waals surface area contributed by atoms with Crippen molar-refractivity contribution in [2.45, 2.75) is 83.8 Å². The van der Waals surface area contributed by atoms with Gasteiger partial charge in [0.05, 0.1) is 18.8 Å². The Kier molecular flexibility index (Phi) is 13.3. The van der Waals surface area contributed by atoms with Gasteiger partial charge in [0.25, 0.3) is 0 Å². The van der Waals surface area contributed by atoms with E-state index in [-0.39, 0.29) is 6.61 Å². The Morgan fingerprint density at radius 2 is 1.50 bits per heavy atom. The molecule has 0 aromatic rings. The van der Waals surface area contributed by atoms with Crippen molar-refractivity contribution in [1.29, 1.82) is 0 Å². The maximum atomic E-state index is 9.51. The highest BCUT2D eigenvalue weighted by atomic mass is 16.3. The van der Waals surface area contributed by atoms with Crippen LogP contribution < -0.4 is 5.73 Å². The fraction of sp³-hybridized carbons (Fsp3) is 0.882. The predicted molar refractivity (Wildman–Crippen MR) is 86.6 cm³/mol. The third-order valence-corrected chi connectivity index (χ3v) is 3.64. The minimum absolute atomic E-state index is 0.178. The molecule has 0 saturated carbocycles. The molecule has 0 aromatic carbocycles. The summed E-state index contributed by atoms with van der Waals surface area (Å²) in [5.41, 5.74) is 5.50. The normalized spacial score (nSPS) is 15.1. The van der Waals surface area contributed by atoms with E-state index in [1.165, 1.54) is 51.4 Å². The van der Waals surface area contributed by atoms with Gasteiger partial charge in [0.1, 0.15) is 0 Å². The summed E-state index contributed by atoms with van der Waals surface area (Å²) in [6.45, 7) is 4.40. The van der Waals surface area contributed by atoms with Crippen LogP contribution in [-0.2, 0) is 0 Å². The monoisotopic (exact) mass is 285 g/mol. The highest BCUT2D eigenvalue weighted by Crippen LogP contribution is 2.12. The Balaban J connectivity index is 3.26. The van der Waals surface area contributed by atoms with Crippen LogP contribution in [-0.4, -0.2) is 29.0 Å². The first-order valence-electron chi connectivity index (χ1n) is 8.29. The molecule has 0 rings (SSSR count). The first-order valence-corrected chi connectivity index (χ1v) is 8.29. The lowest BCUT2D eigenvalue weighted by molar-refractivity contribution is 0.144. The lowest BCUT2D eigenvalue weighted by atomic mass is 10.0. The van der Waals surface area contributed by atoms with Crippen LogP contribution in [0.25, 0.3) is 0 Å². The molecule has 0 heterocycles. The van der Waals surface area contributed by atoms with Crippen LogP contribution in [0.15, 0.2) is 12.2 Å². The van der Waals surface area contributed by atoms with Gasteiger partial charge in [-0.1, -0.05) is 70.9 Å². The van der Waals surface area contributed by atoms with Crippen molar-refractivity contribution in [3.63, 3.8) is 0 Å². The molecule has 0 radical (unpaired) electrons. The van der Waals surface area contributed by atoms with Gasteiger partial charge in [0.2, 0.25) is 0 Å². The van der Waals surface area contributed by atoms with Crippen LogP contribution in [0.3, 0.4) is 0 Å². The van der Waals surface area contributed by atoms with E-state index < -0.39 is 12.1 Å². The molecule has 0 aliphatic carbocycles. The van der Waals surface area contributed by atoms with E-state index in [1.54, 1.807) is 6.08 Å². The molecule has 0 aromatic heterocycles. The molecule has 4 N–H and O–H groups in total. The van der Waals surface area contributed by atoms with Gasteiger partial charge >= 0.3 is 0 Å². The molecule has 0 amide bonds. The Morgan fingerprint density at radius 1 is 0.950 bits per heavy atom. The maximum Gasteiger partial charge on any atom is 0.0894 e. The van der Waals surface area contributed by atoms with E-state index in [1.807, 2.05) is 6.08 Å². The van der Waals surface area contributed by atoms with E-state index in [0.717, 1.165) is 12.3 Å². The second-order valence-electron chi connectivity index (χ2n) is 6.21. The van der Waals surface area contributed by atoms with Crippen molar-refractivity contribution >= 4 is 0 Å². The Bertz CT molecular complexity index is 229. The molecule has 0 spiro atoms. The molecule has 3 nitrogen and oxygen atoms in total. The third kappa shape index (κ3) is 12.6. The van der Waals surface area contributed by atoms with Crippen molar-refractivity contribution < 1.29 is 10.2 Å². The summed E-state index contributed by atoms with van der Waals surface area (Å²) in [4.78, 5) is 0. The molecular formula is C17H35NO2. The lowest BCUT2D eigenvalue weighted by Crippen LogP contribution is -2.36. The summed E-state index contributed by atoms with van der Waals surface area (Å²) in [5.74, 6) is 0.844. The van der Waals surface area contributed by atoms with Crippen LogP contribution >= 0.6 is 0 Å². The van der Waals surface area contributed by atoms with Crippen LogP contribution in [0, 0.1) is 5.92 Å². The third-order valence-electron chi connectivity index (χ3n) is 3.64. The van der Waals surface area contributed by atoms with Crippen molar-refractivity contribution in [3.05, 3.63) is 12.2 Å². The molecule has 120 valence electrons. The van der Waals surface area contributed by atoms with Crippen LogP contribution in [0.2, 0.25) is 0 Å².